The van der Waals surface area contributed by atoms with Crippen LogP contribution in [0.2, 0.25) is 0 Å². The molecule has 0 saturated carbocycles. The van der Waals surface area contributed by atoms with Gasteiger partial charge in [0.25, 0.3) is 5.69 Å². The molecule has 1 amide bonds. The third-order valence-electron chi connectivity index (χ3n) is 4.60. The third-order valence-corrected chi connectivity index (χ3v) is 4.60. The van der Waals surface area contributed by atoms with E-state index in [1.54, 1.807) is 0 Å². The maximum Gasteiger partial charge on any atom is 0.271 e. The number of rotatable bonds is 6. The maximum atomic E-state index is 12.4. The Morgan fingerprint density at radius 3 is 2.85 bits per heavy atom. The first-order valence-electron chi connectivity index (χ1n) is 8.46. The van der Waals surface area contributed by atoms with Gasteiger partial charge in [-0.2, -0.15) is 0 Å². The summed E-state index contributed by atoms with van der Waals surface area (Å²) in [4.78, 5) is 25.0. The van der Waals surface area contributed by atoms with Gasteiger partial charge in [0.05, 0.1) is 17.7 Å². The van der Waals surface area contributed by atoms with Crippen LogP contribution in [-0.4, -0.2) is 30.5 Å². The molecule has 1 N–H and O–H groups in total. The third kappa shape index (κ3) is 3.61. The average molecular weight is 355 g/mol. The molecule has 1 atom stereocenters. The molecule has 7 nitrogen and oxygen atoms in total. The number of ether oxygens (including phenoxy) is 1. The number of para-hydroxylation sites is 1. The van der Waals surface area contributed by atoms with Gasteiger partial charge in [-0.15, -0.1) is 0 Å². The van der Waals surface area contributed by atoms with E-state index in [4.69, 9.17) is 4.74 Å². The summed E-state index contributed by atoms with van der Waals surface area (Å²) in [5.74, 6) is 0.184. The summed E-state index contributed by atoms with van der Waals surface area (Å²) in [6.07, 6.45) is 1.25. The minimum absolute atomic E-state index is 0.0943. The number of benzene rings is 2. The number of nitro groups is 1. The normalized spacial score (nSPS) is 15.5. The van der Waals surface area contributed by atoms with Gasteiger partial charge < -0.3 is 15.0 Å². The van der Waals surface area contributed by atoms with Crippen molar-refractivity contribution in [1.29, 1.82) is 0 Å². The van der Waals surface area contributed by atoms with Crippen LogP contribution in [0.3, 0.4) is 0 Å². The van der Waals surface area contributed by atoms with Gasteiger partial charge in [-0.05, 0) is 31.0 Å². The molecule has 0 saturated heterocycles. The van der Waals surface area contributed by atoms with Crippen LogP contribution in [0, 0.1) is 10.1 Å². The molecule has 2 aromatic carbocycles. The van der Waals surface area contributed by atoms with E-state index in [-0.39, 0.29) is 18.0 Å². The highest BCUT2D eigenvalue weighted by molar-refractivity contribution is 5.93. The Balaban J connectivity index is 1.67. The number of nitrogens with zero attached hydrogens (tertiary/aromatic N) is 2. The Kier molecular flexibility index (Phi) is 5.06. The predicted octanol–water partition coefficient (Wildman–Crippen LogP) is 3.38. The molecule has 136 valence electrons. The van der Waals surface area contributed by atoms with Crippen LogP contribution < -0.4 is 15.0 Å². The summed E-state index contributed by atoms with van der Waals surface area (Å²) >= 11 is 0. The molecular formula is C19H21N3O4. The van der Waals surface area contributed by atoms with E-state index in [2.05, 4.69) is 29.3 Å². The Morgan fingerprint density at radius 2 is 2.12 bits per heavy atom. The fraction of sp³-hybridized carbons (Fsp3) is 0.316. The minimum atomic E-state index is -0.502. The van der Waals surface area contributed by atoms with Crippen molar-refractivity contribution in [1.82, 2.24) is 0 Å². The Hall–Kier alpha value is -3.09. The van der Waals surface area contributed by atoms with Crippen LogP contribution in [0.15, 0.2) is 42.5 Å². The molecule has 3 rings (SSSR count). The number of hydrogen-bond donors (Lipinski definition) is 1. The average Bonchev–Trinajstić information content (AvgIpc) is 2.95. The summed E-state index contributed by atoms with van der Waals surface area (Å²) in [6, 6.07) is 12.7. The lowest BCUT2D eigenvalue weighted by atomic mass is 10.1. The lowest BCUT2D eigenvalue weighted by molar-refractivity contribution is -0.384. The fourth-order valence-corrected chi connectivity index (χ4v) is 3.31. The van der Waals surface area contributed by atoms with Crippen molar-refractivity contribution in [2.75, 3.05) is 23.9 Å². The van der Waals surface area contributed by atoms with E-state index in [1.807, 2.05) is 12.1 Å². The number of fused-ring (bicyclic) bond motifs is 1. The molecule has 1 aliphatic heterocycles. The van der Waals surface area contributed by atoms with Crippen LogP contribution in [-0.2, 0) is 11.2 Å². The zero-order valence-corrected chi connectivity index (χ0v) is 14.8. The molecule has 0 radical (unpaired) electrons. The zero-order valence-electron chi connectivity index (χ0n) is 14.8. The van der Waals surface area contributed by atoms with E-state index in [0.717, 1.165) is 6.42 Å². The topological polar surface area (TPSA) is 84.7 Å². The first kappa shape index (κ1) is 17.7. The van der Waals surface area contributed by atoms with Crippen LogP contribution in [0.25, 0.3) is 0 Å². The number of methoxy groups -OCH3 is 1. The molecule has 0 aliphatic carbocycles. The van der Waals surface area contributed by atoms with E-state index in [9.17, 15) is 14.9 Å². The summed E-state index contributed by atoms with van der Waals surface area (Å²) in [6.45, 7) is 2.72. The second-order valence-electron chi connectivity index (χ2n) is 6.32. The second kappa shape index (κ2) is 7.43. The van der Waals surface area contributed by atoms with Crippen molar-refractivity contribution in [2.24, 2.45) is 0 Å². The maximum absolute atomic E-state index is 12.4. The molecule has 0 spiro atoms. The van der Waals surface area contributed by atoms with Crippen LogP contribution in [0.1, 0.15) is 18.9 Å². The smallest absolute Gasteiger partial charge is 0.271 e. The van der Waals surface area contributed by atoms with Crippen molar-refractivity contribution in [2.45, 2.75) is 25.8 Å². The largest absolute Gasteiger partial charge is 0.495 e. The van der Waals surface area contributed by atoms with Crippen LogP contribution >= 0.6 is 0 Å². The zero-order chi connectivity index (χ0) is 18.7. The minimum Gasteiger partial charge on any atom is -0.495 e. The van der Waals surface area contributed by atoms with Crippen molar-refractivity contribution < 1.29 is 14.5 Å². The van der Waals surface area contributed by atoms with E-state index < -0.39 is 4.92 Å². The van der Waals surface area contributed by atoms with Gasteiger partial charge in [-0.25, -0.2) is 0 Å². The molecule has 0 aromatic heterocycles. The second-order valence-corrected chi connectivity index (χ2v) is 6.32. The number of hydrogen-bond acceptors (Lipinski definition) is 5. The van der Waals surface area contributed by atoms with Crippen LogP contribution in [0.5, 0.6) is 5.75 Å². The first-order valence-corrected chi connectivity index (χ1v) is 8.46. The van der Waals surface area contributed by atoms with Crippen molar-refractivity contribution in [3.05, 3.63) is 58.1 Å². The quantitative estimate of drug-likeness (QED) is 0.634. The number of anilines is 2. The highest BCUT2D eigenvalue weighted by Crippen LogP contribution is 2.32. The van der Waals surface area contributed by atoms with E-state index >= 15 is 0 Å². The van der Waals surface area contributed by atoms with Gasteiger partial charge in [-0.3, -0.25) is 14.9 Å². The van der Waals surface area contributed by atoms with Gasteiger partial charge in [0.2, 0.25) is 5.91 Å². The number of non-ortho nitro benzene ring substituents is 1. The molecule has 0 fully saturated rings. The highest BCUT2D eigenvalue weighted by Gasteiger charge is 2.25. The molecule has 1 aliphatic rings. The fourth-order valence-electron chi connectivity index (χ4n) is 3.31. The van der Waals surface area contributed by atoms with Gasteiger partial charge >= 0.3 is 0 Å². The molecule has 0 bridgehead atoms. The number of amides is 1. The Morgan fingerprint density at radius 1 is 1.35 bits per heavy atom. The molecule has 1 unspecified atom stereocenters. The highest BCUT2D eigenvalue weighted by atomic mass is 16.6. The summed E-state index contributed by atoms with van der Waals surface area (Å²) in [5, 5.41) is 13.7. The Bertz CT molecular complexity index is 837. The number of nitrogens with one attached hydrogen (secondary N) is 1. The first-order chi connectivity index (χ1) is 12.5. The van der Waals surface area contributed by atoms with Crippen molar-refractivity contribution >= 4 is 23.0 Å². The predicted molar refractivity (Wildman–Crippen MR) is 99.8 cm³/mol. The summed E-state index contributed by atoms with van der Waals surface area (Å²) in [5.41, 5.74) is 2.67. The SMILES string of the molecule is COc1ccc([N+](=O)[O-])cc1NC(=O)CCN1c2ccccc2CC1C. The van der Waals surface area contributed by atoms with Crippen molar-refractivity contribution in [3.8, 4) is 5.75 Å². The lowest BCUT2D eigenvalue weighted by Gasteiger charge is -2.24. The number of carbonyl (C=O) groups is 1. The summed E-state index contributed by atoms with van der Waals surface area (Å²) in [7, 11) is 1.46. The molecule has 1 heterocycles. The van der Waals surface area contributed by atoms with E-state index in [1.165, 1.54) is 36.6 Å². The number of nitro benzene ring substituents is 1. The standard InChI is InChI=1S/C19H21N3O4/c1-13-11-14-5-3-4-6-17(14)21(13)10-9-19(23)20-16-12-15(22(24)25)7-8-18(16)26-2/h3-8,12-13H,9-11H2,1-2H3,(H,20,23). The monoisotopic (exact) mass is 355 g/mol. The Labute approximate surface area is 151 Å². The number of carbonyl (C=O) groups excluding carboxylic acids is 1. The van der Waals surface area contributed by atoms with Gasteiger partial charge in [0, 0.05) is 36.8 Å². The van der Waals surface area contributed by atoms with Crippen LogP contribution in [0.4, 0.5) is 17.1 Å². The van der Waals surface area contributed by atoms with Gasteiger partial charge in [-0.1, -0.05) is 18.2 Å². The molecule has 2 aromatic rings. The van der Waals surface area contributed by atoms with Gasteiger partial charge in [0.15, 0.2) is 0 Å². The van der Waals surface area contributed by atoms with Crippen molar-refractivity contribution in [3.63, 3.8) is 0 Å². The molecular weight excluding hydrogens is 334 g/mol. The van der Waals surface area contributed by atoms with Gasteiger partial charge in [0.1, 0.15) is 5.75 Å². The summed E-state index contributed by atoms with van der Waals surface area (Å²) < 4.78 is 5.17. The molecule has 26 heavy (non-hydrogen) atoms. The molecule has 7 heteroatoms. The van der Waals surface area contributed by atoms with E-state index in [0.29, 0.717) is 24.0 Å². The lowest BCUT2D eigenvalue weighted by Crippen LogP contribution is -2.32.